The quantitative estimate of drug-likeness (QED) is 0.444. The normalized spacial score (nSPS) is 25.8. The molecule has 3 amide bonds. The zero-order valence-electron chi connectivity index (χ0n) is 21.3. The fraction of sp³-hybridized carbons (Fsp3) is 0.517. The van der Waals surface area contributed by atoms with Crippen molar-refractivity contribution in [1.82, 2.24) is 10.6 Å². The van der Waals surface area contributed by atoms with Crippen molar-refractivity contribution < 1.29 is 24.2 Å². The molecule has 5 rings (SSSR count). The Labute approximate surface area is 218 Å². The van der Waals surface area contributed by atoms with Gasteiger partial charge in [0.1, 0.15) is 18.0 Å². The summed E-state index contributed by atoms with van der Waals surface area (Å²) in [4.78, 5) is 25.4. The molecule has 2 heterocycles. The van der Waals surface area contributed by atoms with E-state index in [1.165, 1.54) is 6.42 Å². The van der Waals surface area contributed by atoms with Gasteiger partial charge in [0.15, 0.2) is 0 Å². The molecule has 2 aromatic rings. The third-order valence-corrected chi connectivity index (χ3v) is 7.79. The smallest absolute Gasteiger partial charge is 0.319 e. The average Bonchev–Trinajstić information content (AvgIpc) is 3.27. The van der Waals surface area contributed by atoms with Crippen LogP contribution in [0.2, 0.25) is 0 Å². The summed E-state index contributed by atoms with van der Waals surface area (Å²) in [6.45, 7) is 1.77. The van der Waals surface area contributed by atoms with Crippen LogP contribution in [0.1, 0.15) is 75.0 Å². The molecule has 2 aliphatic heterocycles. The van der Waals surface area contributed by atoms with E-state index in [4.69, 9.17) is 9.47 Å². The van der Waals surface area contributed by atoms with Gasteiger partial charge >= 0.3 is 6.03 Å². The molecular formula is C29H37N3O5. The van der Waals surface area contributed by atoms with Gasteiger partial charge in [-0.2, -0.15) is 0 Å². The summed E-state index contributed by atoms with van der Waals surface area (Å²) < 4.78 is 12.3. The Balaban J connectivity index is 1.22. The summed E-state index contributed by atoms with van der Waals surface area (Å²) in [5.74, 6) is 0.608. The maximum Gasteiger partial charge on any atom is 0.319 e. The molecule has 198 valence electrons. The molecule has 5 atom stereocenters. The number of carbonyl (C=O) groups is 2. The maximum absolute atomic E-state index is 12.8. The third kappa shape index (κ3) is 6.08. The molecule has 0 aromatic heterocycles. The van der Waals surface area contributed by atoms with Gasteiger partial charge in [-0.1, -0.05) is 49.6 Å². The van der Waals surface area contributed by atoms with Crippen molar-refractivity contribution in [3.05, 3.63) is 59.7 Å². The first-order valence-electron chi connectivity index (χ1n) is 13.5. The minimum absolute atomic E-state index is 0.0339. The van der Waals surface area contributed by atoms with E-state index in [9.17, 15) is 14.7 Å². The van der Waals surface area contributed by atoms with Gasteiger partial charge < -0.3 is 30.5 Å². The molecule has 0 bridgehead atoms. The van der Waals surface area contributed by atoms with Crippen molar-refractivity contribution >= 4 is 17.6 Å². The Bertz CT molecular complexity index is 1090. The molecule has 37 heavy (non-hydrogen) atoms. The summed E-state index contributed by atoms with van der Waals surface area (Å²) in [7, 11) is 0. The number of anilines is 1. The number of amides is 3. The van der Waals surface area contributed by atoms with E-state index in [1.807, 2.05) is 55.5 Å². The Morgan fingerprint density at radius 1 is 1.08 bits per heavy atom. The highest BCUT2D eigenvalue weighted by atomic mass is 16.6. The van der Waals surface area contributed by atoms with E-state index < -0.39 is 6.10 Å². The maximum atomic E-state index is 12.8. The molecule has 2 aromatic carbocycles. The number of urea groups is 1. The summed E-state index contributed by atoms with van der Waals surface area (Å²) in [5.41, 5.74) is 2.72. The molecule has 4 N–H and O–H groups in total. The minimum atomic E-state index is -0.526. The van der Waals surface area contributed by atoms with Crippen LogP contribution in [-0.4, -0.2) is 48.0 Å². The predicted molar refractivity (Wildman–Crippen MR) is 141 cm³/mol. The number of carbonyl (C=O) groups excluding carboxylic acids is 2. The fourth-order valence-corrected chi connectivity index (χ4v) is 5.90. The Morgan fingerprint density at radius 3 is 2.62 bits per heavy atom. The zero-order valence-corrected chi connectivity index (χ0v) is 21.3. The summed E-state index contributed by atoms with van der Waals surface area (Å²) in [6, 6.07) is 15.4. The molecular weight excluding hydrogens is 470 g/mol. The minimum Gasteiger partial charge on any atom is -0.487 e. The SMILES string of the molecule is C[C@H](NC(=O)C[C@H]1C[C@H]2c3cc(NC(=O)NC4CCCCC4)ccc3O[C@H]2[C@@H](CO)O1)c1ccccc1. The van der Waals surface area contributed by atoms with Gasteiger partial charge in [0.2, 0.25) is 5.91 Å². The first-order chi connectivity index (χ1) is 18.0. The van der Waals surface area contributed by atoms with E-state index in [2.05, 4.69) is 16.0 Å². The van der Waals surface area contributed by atoms with Crippen LogP contribution in [0.25, 0.3) is 0 Å². The Kier molecular flexibility index (Phi) is 7.96. The molecule has 3 aliphatic rings. The predicted octanol–water partition coefficient (Wildman–Crippen LogP) is 4.40. The monoisotopic (exact) mass is 507 g/mol. The standard InChI is InChI=1S/C29H37N3O5/c1-18(19-8-4-2-5-9-19)30-27(34)16-22-15-24-23-14-21(32-29(35)31-20-10-6-3-7-11-20)12-13-25(23)37-28(24)26(17-33)36-22/h2,4-5,8-9,12-14,18,20,22,24,26,28,33H,3,6-7,10-11,15-17H2,1H3,(H,30,34)(H2,31,32,35)/t18-,22+,24-,26+,28+/m0/s1. The van der Waals surface area contributed by atoms with Crippen LogP contribution in [-0.2, 0) is 9.53 Å². The number of aliphatic hydroxyl groups excluding tert-OH is 1. The molecule has 8 nitrogen and oxygen atoms in total. The lowest BCUT2D eigenvalue weighted by atomic mass is 9.84. The number of benzene rings is 2. The van der Waals surface area contributed by atoms with Crippen molar-refractivity contribution in [2.75, 3.05) is 11.9 Å². The third-order valence-electron chi connectivity index (χ3n) is 7.79. The lowest BCUT2D eigenvalue weighted by Gasteiger charge is -2.37. The second-order valence-electron chi connectivity index (χ2n) is 10.5. The van der Waals surface area contributed by atoms with Crippen LogP contribution in [0, 0.1) is 0 Å². The molecule has 8 heteroatoms. The van der Waals surface area contributed by atoms with Crippen LogP contribution >= 0.6 is 0 Å². The lowest BCUT2D eigenvalue weighted by Crippen LogP contribution is -2.47. The van der Waals surface area contributed by atoms with Gasteiger partial charge in [-0.15, -0.1) is 0 Å². The van der Waals surface area contributed by atoms with Gasteiger partial charge in [0, 0.05) is 23.2 Å². The van der Waals surface area contributed by atoms with Crippen molar-refractivity contribution in [2.45, 2.75) is 88.2 Å². The van der Waals surface area contributed by atoms with Gasteiger partial charge in [0.25, 0.3) is 0 Å². The van der Waals surface area contributed by atoms with Crippen LogP contribution in [0.4, 0.5) is 10.5 Å². The molecule has 1 aliphatic carbocycles. The fourth-order valence-electron chi connectivity index (χ4n) is 5.90. The number of hydrogen-bond donors (Lipinski definition) is 4. The number of ether oxygens (including phenoxy) is 2. The molecule has 0 radical (unpaired) electrons. The summed E-state index contributed by atoms with van der Waals surface area (Å²) in [5, 5.41) is 19.1. The van der Waals surface area contributed by atoms with E-state index in [0.29, 0.717) is 12.1 Å². The van der Waals surface area contributed by atoms with Crippen LogP contribution in [0.3, 0.4) is 0 Å². The van der Waals surface area contributed by atoms with Crippen molar-refractivity contribution in [3.63, 3.8) is 0 Å². The van der Waals surface area contributed by atoms with E-state index in [-0.39, 0.29) is 55.2 Å². The lowest BCUT2D eigenvalue weighted by molar-refractivity contribution is -0.142. The highest BCUT2D eigenvalue weighted by Crippen LogP contribution is 2.47. The number of fused-ring (bicyclic) bond motifs is 3. The van der Waals surface area contributed by atoms with E-state index in [0.717, 1.165) is 42.6 Å². The number of hydrogen-bond acceptors (Lipinski definition) is 5. The highest BCUT2D eigenvalue weighted by molar-refractivity contribution is 5.89. The van der Waals surface area contributed by atoms with Gasteiger partial charge in [-0.05, 0) is 49.9 Å². The van der Waals surface area contributed by atoms with Gasteiger partial charge in [0.05, 0.1) is 25.2 Å². The second kappa shape index (κ2) is 11.5. The summed E-state index contributed by atoms with van der Waals surface area (Å²) >= 11 is 0. The summed E-state index contributed by atoms with van der Waals surface area (Å²) in [6.07, 6.45) is 5.20. The molecule has 1 saturated heterocycles. The van der Waals surface area contributed by atoms with E-state index >= 15 is 0 Å². The van der Waals surface area contributed by atoms with Crippen LogP contribution in [0.15, 0.2) is 48.5 Å². The van der Waals surface area contributed by atoms with Crippen molar-refractivity contribution in [2.24, 2.45) is 0 Å². The molecule has 0 spiro atoms. The molecule has 0 unspecified atom stereocenters. The first kappa shape index (κ1) is 25.5. The topological polar surface area (TPSA) is 109 Å². The first-order valence-corrected chi connectivity index (χ1v) is 13.5. The number of rotatable bonds is 7. The molecule has 2 fully saturated rings. The van der Waals surface area contributed by atoms with Gasteiger partial charge in [-0.25, -0.2) is 4.79 Å². The molecule has 1 saturated carbocycles. The zero-order chi connectivity index (χ0) is 25.8. The van der Waals surface area contributed by atoms with Crippen molar-refractivity contribution in [3.8, 4) is 5.75 Å². The van der Waals surface area contributed by atoms with Gasteiger partial charge in [-0.3, -0.25) is 4.79 Å². The number of aliphatic hydroxyl groups is 1. The van der Waals surface area contributed by atoms with E-state index in [1.54, 1.807) is 0 Å². The Hall–Kier alpha value is -3.10. The van der Waals surface area contributed by atoms with Crippen molar-refractivity contribution in [1.29, 1.82) is 0 Å². The largest absolute Gasteiger partial charge is 0.487 e. The average molecular weight is 508 g/mol. The van der Waals surface area contributed by atoms with Crippen LogP contribution in [0.5, 0.6) is 5.75 Å². The van der Waals surface area contributed by atoms with Crippen LogP contribution < -0.4 is 20.7 Å². The highest BCUT2D eigenvalue weighted by Gasteiger charge is 2.46. The number of nitrogens with one attached hydrogen (secondary N) is 3. The second-order valence-corrected chi connectivity index (χ2v) is 10.5. The Morgan fingerprint density at radius 2 is 1.86 bits per heavy atom.